The Morgan fingerprint density at radius 1 is 1.10 bits per heavy atom. The lowest BCUT2D eigenvalue weighted by Crippen LogP contribution is -2.67. The van der Waals surface area contributed by atoms with Gasteiger partial charge in [0.05, 0.1) is 11.6 Å². The van der Waals surface area contributed by atoms with Crippen LogP contribution < -0.4 is 10.4 Å². The zero-order valence-corrected chi connectivity index (χ0v) is 22.3. The maximum absolute atomic E-state index is 14.8. The number of thioether (sulfide) groups is 1. The number of benzene rings is 2. The van der Waals surface area contributed by atoms with Crippen molar-refractivity contribution in [3.8, 4) is 5.75 Å². The van der Waals surface area contributed by atoms with Gasteiger partial charge in [-0.3, -0.25) is 19.3 Å². The molecule has 0 aliphatic carbocycles. The molecule has 1 aromatic heterocycles. The third-order valence-corrected chi connectivity index (χ3v) is 9.28. The first-order valence-electron chi connectivity index (χ1n) is 13.2. The lowest BCUT2D eigenvalue weighted by molar-refractivity contribution is -0.0560. The smallest absolute Gasteiger partial charge is 0.278 e. The van der Waals surface area contributed by atoms with Crippen LogP contribution in [0.1, 0.15) is 72.2 Å². The first-order valence-corrected chi connectivity index (χ1v) is 14.2. The Morgan fingerprint density at radius 3 is 2.67 bits per heavy atom. The van der Waals surface area contributed by atoms with Gasteiger partial charge in [0.2, 0.25) is 5.43 Å². The van der Waals surface area contributed by atoms with E-state index in [-0.39, 0.29) is 18.7 Å². The van der Waals surface area contributed by atoms with Crippen molar-refractivity contribution in [2.75, 3.05) is 11.6 Å². The Labute approximate surface area is 228 Å². The second kappa shape index (κ2) is 9.67. The topological polar surface area (TPSA) is 86.0 Å². The number of aromatic hydroxyl groups is 1. The Morgan fingerprint density at radius 2 is 1.87 bits per heavy atom. The number of aliphatic hydroxyl groups is 1. The number of unbranched alkanes of at least 4 members (excludes halogenated alkanes) is 1. The van der Waals surface area contributed by atoms with Crippen LogP contribution in [-0.4, -0.2) is 44.0 Å². The van der Waals surface area contributed by atoms with Gasteiger partial charge in [-0.05, 0) is 47.7 Å². The molecule has 2 N–H and O–H groups in total. The van der Waals surface area contributed by atoms with E-state index in [1.54, 1.807) is 4.90 Å². The molecule has 7 nitrogen and oxygen atoms in total. The predicted octanol–water partition coefficient (Wildman–Crippen LogP) is 4.66. The number of rotatable bonds is 4. The fraction of sp³-hybridized carbons (Fsp3) is 0.379. The first kappa shape index (κ1) is 25.9. The summed E-state index contributed by atoms with van der Waals surface area (Å²) in [6.07, 6.45) is 3.62. The van der Waals surface area contributed by atoms with E-state index in [9.17, 15) is 28.6 Å². The standard InChI is InChI=1S/C29H29F2N3O4S/c1-2-3-9-29(38)10-12-32-24(15-29)34(33-11-8-22(35)27(36)26(33)28(32)37)25-18-6-4-5-7-23(18)39-16-17-13-20(30)21(31)14-19(17)25/h4-8,11,13-14,24-25,36,38H,2-3,9-10,12,15-16H2,1H3. The minimum absolute atomic E-state index is 0.184. The van der Waals surface area contributed by atoms with E-state index in [1.165, 1.54) is 40.8 Å². The van der Waals surface area contributed by atoms with Crippen LogP contribution >= 0.6 is 11.8 Å². The van der Waals surface area contributed by atoms with Gasteiger partial charge in [0, 0.05) is 35.9 Å². The molecule has 3 aromatic rings. The molecule has 4 heterocycles. The summed E-state index contributed by atoms with van der Waals surface area (Å²) in [4.78, 5) is 28.7. The third-order valence-electron chi connectivity index (χ3n) is 8.15. The van der Waals surface area contributed by atoms with Crippen molar-refractivity contribution in [3.63, 3.8) is 0 Å². The van der Waals surface area contributed by atoms with Crippen LogP contribution in [0.25, 0.3) is 0 Å². The summed E-state index contributed by atoms with van der Waals surface area (Å²) in [6, 6.07) is 10.5. The number of hydrogen-bond donors (Lipinski definition) is 2. The van der Waals surface area contributed by atoms with Crippen molar-refractivity contribution in [2.45, 2.75) is 67.5 Å². The largest absolute Gasteiger partial charge is 0.502 e. The fourth-order valence-electron chi connectivity index (χ4n) is 6.15. The number of fused-ring (bicyclic) bond motifs is 4. The fourth-order valence-corrected chi connectivity index (χ4v) is 7.23. The Hall–Kier alpha value is -3.37. The van der Waals surface area contributed by atoms with Gasteiger partial charge in [-0.1, -0.05) is 38.0 Å². The Bertz CT molecular complexity index is 1530. The zero-order chi connectivity index (χ0) is 27.5. The first-order chi connectivity index (χ1) is 18.7. The molecule has 3 aliphatic rings. The molecule has 0 saturated carbocycles. The number of amides is 1. The molecule has 204 valence electrons. The number of carbonyl (C=O) groups excluding carboxylic acids is 1. The average molecular weight is 554 g/mol. The highest BCUT2D eigenvalue weighted by Crippen LogP contribution is 2.46. The maximum Gasteiger partial charge on any atom is 0.278 e. The molecular formula is C29H29F2N3O4S. The van der Waals surface area contributed by atoms with Gasteiger partial charge in [0.15, 0.2) is 23.1 Å². The van der Waals surface area contributed by atoms with Gasteiger partial charge in [-0.15, -0.1) is 11.8 Å². The van der Waals surface area contributed by atoms with Gasteiger partial charge in [0.1, 0.15) is 6.17 Å². The van der Waals surface area contributed by atoms with Gasteiger partial charge < -0.3 is 15.1 Å². The van der Waals surface area contributed by atoms with Crippen LogP contribution in [-0.2, 0) is 5.75 Å². The summed E-state index contributed by atoms with van der Waals surface area (Å²) in [5.74, 6) is -2.70. The summed E-state index contributed by atoms with van der Waals surface area (Å²) in [7, 11) is 0. The molecule has 10 heteroatoms. The lowest BCUT2D eigenvalue weighted by atomic mass is 9.83. The molecule has 1 saturated heterocycles. The summed E-state index contributed by atoms with van der Waals surface area (Å²) in [6.45, 7) is 2.27. The molecule has 6 rings (SSSR count). The van der Waals surface area contributed by atoms with Crippen LogP contribution in [0.4, 0.5) is 8.78 Å². The van der Waals surface area contributed by atoms with E-state index in [4.69, 9.17) is 0 Å². The minimum atomic E-state index is -1.04. The molecule has 0 bridgehead atoms. The van der Waals surface area contributed by atoms with Crippen LogP contribution in [0.2, 0.25) is 0 Å². The number of aromatic nitrogens is 1. The van der Waals surface area contributed by atoms with Gasteiger partial charge in [-0.2, -0.15) is 0 Å². The summed E-state index contributed by atoms with van der Waals surface area (Å²) < 4.78 is 30.8. The minimum Gasteiger partial charge on any atom is -0.502 e. The second-order valence-electron chi connectivity index (χ2n) is 10.6. The quantitative estimate of drug-likeness (QED) is 0.489. The van der Waals surface area contributed by atoms with E-state index in [0.29, 0.717) is 29.7 Å². The van der Waals surface area contributed by atoms with Crippen LogP contribution in [0.15, 0.2) is 58.4 Å². The van der Waals surface area contributed by atoms with Gasteiger partial charge in [-0.25, -0.2) is 8.78 Å². The highest BCUT2D eigenvalue weighted by Gasteiger charge is 2.50. The number of nitrogens with zero attached hydrogens (tertiary/aromatic N) is 3. The van der Waals surface area contributed by atoms with Gasteiger partial charge in [0.25, 0.3) is 5.91 Å². The molecule has 3 atom stereocenters. The van der Waals surface area contributed by atoms with Crippen molar-refractivity contribution >= 4 is 17.7 Å². The Balaban J connectivity index is 1.62. The molecule has 1 fully saturated rings. The maximum atomic E-state index is 14.8. The third kappa shape index (κ3) is 4.21. The highest BCUT2D eigenvalue weighted by molar-refractivity contribution is 7.98. The number of piperidine rings is 1. The lowest BCUT2D eigenvalue weighted by Gasteiger charge is -2.54. The molecule has 39 heavy (non-hydrogen) atoms. The zero-order valence-electron chi connectivity index (χ0n) is 21.4. The highest BCUT2D eigenvalue weighted by atomic mass is 32.2. The molecule has 3 unspecified atom stereocenters. The van der Waals surface area contributed by atoms with E-state index >= 15 is 0 Å². The van der Waals surface area contributed by atoms with Crippen molar-refractivity contribution < 1.29 is 23.8 Å². The monoisotopic (exact) mass is 553 g/mol. The number of carbonyl (C=O) groups is 1. The van der Waals surface area contributed by atoms with E-state index in [0.717, 1.165) is 23.3 Å². The van der Waals surface area contributed by atoms with Crippen molar-refractivity contribution in [1.29, 1.82) is 0 Å². The number of pyridine rings is 1. The molecular weight excluding hydrogens is 524 g/mol. The van der Waals surface area contributed by atoms with E-state index in [1.807, 2.05) is 29.3 Å². The summed E-state index contributed by atoms with van der Waals surface area (Å²) in [5.41, 5.74) is 0.0313. The van der Waals surface area contributed by atoms with Crippen LogP contribution in [0.5, 0.6) is 5.75 Å². The van der Waals surface area contributed by atoms with Crippen LogP contribution in [0.3, 0.4) is 0 Å². The molecule has 2 aromatic carbocycles. The molecule has 3 aliphatic heterocycles. The number of hydrogen-bond acceptors (Lipinski definition) is 6. The van der Waals surface area contributed by atoms with Gasteiger partial charge >= 0.3 is 0 Å². The van der Waals surface area contributed by atoms with Crippen molar-refractivity contribution in [3.05, 3.63) is 92.9 Å². The Kier molecular flexibility index (Phi) is 6.42. The summed E-state index contributed by atoms with van der Waals surface area (Å²) >= 11 is 1.51. The van der Waals surface area contributed by atoms with Crippen molar-refractivity contribution in [1.82, 2.24) is 9.58 Å². The SMILES string of the molecule is CCCCC1(O)CCN2C(=O)c3c(O)c(=O)ccn3N(C3c4cc(F)c(F)cc4CSc4ccccc43)C2C1. The van der Waals surface area contributed by atoms with E-state index < -0.39 is 46.5 Å². The second-order valence-corrected chi connectivity index (χ2v) is 11.6. The van der Waals surface area contributed by atoms with Crippen LogP contribution in [0, 0.1) is 11.6 Å². The van der Waals surface area contributed by atoms with E-state index in [2.05, 4.69) is 6.92 Å². The summed E-state index contributed by atoms with van der Waals surface area (Å²) in [5, 5.41) is 24.3. The molecule has 0 spiro atoms. The normalized spacial score (nSPS) is 23.9. The predicted molar refractivity (Wildman–Crippen MR) is 143 cm³/mol. The van der Waals surface area contributed by atoms with Crippen molar-refractivity contribution in [2.24, 2.45) is 0 Å². The molecule has 0 radical (unpaired) electrons. The number of halogens is 2. The average Bonchev–Trinajstić information content (AvgIpc) is 3.07. The molecule has 1 amide bonds.